The minimum atomic E-state index is 0.0823. The van der Waals surface area contributed by atoms with Gasteiger partial charge in [-0.3, -0.25) is 0 Å². The van der Waals surface area contributed by atoms with Crippen LogP contribution in [0.25, 0.3) is 0 Å². The summed E-state index contributed by atoms with van der Waals surface area (Å²) in [5.41, 5.74) is 1.28. The molecule has 154 valence electrons. The molecule has 0 aliphatic carbocycles. The van der Waals surface area contributed by atoms with Crippen molar-refractivity contribution in [3.63, 3.8) is 0 Å². The van der Waals surface area contributed by atoms with Crippen LogP contribution in [0, 0.1) is 5.92 Å². The summed E-state index contributed by atoms with van der Waals surface area (Å²) < 4.78 is 16.7. The van der Waals surface area contributed by atoms with Crippen LogP contribution in [0.2, 0.25) is 0 Å². The fourth-order valence-corrected chi connectivity index (χ4v) is 4.56. The van der Waals surface area contributed by atoms with Gasteiger partial charge in [0.15, 0.2) is 0 Å². The molecule has 3 rings (SSSR count). The molecule has 0 spiro atoms. The molecule has 1 aliphatic heterocycles. The minimum absolute atomic E-state index is 0.0823. The zero-order valence-corrected chi connectivity index (χ0v) is 18.3. The highest BCUT2D eigenvalue weighted by Gasteiger charge is 2.23. The molecular formula is C22H33N3O2S. The Morgan fingerprint density at radius 3 is 2.82 bits per heavy atom. The fourth-order valence-electron chi connectivity index (χ4n) is 3.63. The Labute approximate surface area is 173 Å². The quantitative estimate of drug-likeness (QED) is 0.535. The molecule has 0 bridgehead atoms. The Balaban J connectivity index is 1.58. The van der Waals surface area contributed by atoms with Gasteiger partial charge in [-0.25, -0.2) is 9.29 Å². The smallest absolute Gasteiger partial charge is 0.125 e. The lowest BCUT2D eigenvalue weighted by Crippen LogP contribution is -2.34. The Kier molecular flexibility index (Phi) is 7.82. The number of hydrogen-bond acceptors (Lipinski definition) is 5. The van der Waals surface area contributed by atoms with Gasteiger partial charge in [0, 0.05) is 38.3 Å². The third-order valence-corrected chi connectivity index (χ3v) is 6.27. The lowest BCUT2D eigenvalue weighted by atomic mass is 10.00. The van der Waals surface area contributed by atoms with Gasteiger partial charge in [0.2, 0.25) is 0 Å². The lowest BCUT2D eigenvalue weighted by Gasteiger charge is -2.28. The van der Waals surface area contributed by atoms with Crippen LogP contribution < -0.4 is 4.74 Å². The number of aromatic nitrogens is 2. The molecule has 1 aromatic heterocycles. The van der Waals surface area contributed by atoms with E-state index in [1.807, 2.05) is 18.1 Å². The highest BCUT2D eigenvalue weighted by Crippen LogP contribution is 2.26. The lowest BCUT2D eigenvalue weighted by molar-refractivity contribution is -0.00903. The number of fused-ring (bicyclic) bond motifs is 1. The van der Waals surface area contributed by atoms with Crippen molar-refractivity contribution in [1.82, 2.24) is 13.9 Å². The van der Waals surface area contributed by atoms with Crippen molar-refractivity contribution >= 4 is 11.9 Å². The molecule has 2 atom stereocenters. The maximum Gasteiger partial charge on any atom is 0.125 e. The molecular weight excluding hydrogens is 370 g/mol. The second-order valence-corrected chi connectivity index (χ2v) is 8.85. The summed E-state index contributed by atoms with van der Waals surface area (Å²) >= 11 is 1.87. The van der Waals surface area contributed by atoms with Gasteiger partial charge >= 0.3 is 0 Å². The fraction of sp³-hybridized carbons (Fsp3) is 0.591. The molecule has 1 aromatic carbocycles. The molecule has 6 heteroatoms. The molecule has 0 amide bonds. The number of ether oxygens (including phenoxy) is 2. The number of nitrogens with zero attached hydrogens (tertiary/aromatic N) is 3. The Bertz CT molecular complexity index is 730. The zero-order chi connectivity index (χ0) is 19.9. The SMILES string of the molecule is CCC(OC)C(CC(C)C)Oc1cccc(CSN2CCn3ccnc3C2)c1. The van der Waals surface area contributed by atoms with Gasteiger partial charge in [0.1, 0.15) is 17.7 Å². The van der Waals surface area contributed by atoms with Crippen LogP contribution in [0.5, 0.6) is 5.75 Å². The first-order valence-corrected chi connectivity index (χ1v) is 11.2. The average molecular weight is 404 g/mol. The normalized spacial score (nSPS) is 16.8. The standard InChI is InChI=1S/C22H33N3O2S/c1-5-20(26-4)21(13-17(2)3)27-19-8-6-7-18(14-19)16-28-25-12-11-24-10-9-23-22(24)15-25/h6-10,14,17,20-21H,5,11-13,15-16H2,1-4H3. The molecule has 2 heterocycles. The number of rotatable bonds is 10. The third kappa shape index (κ3) is 5.75. The van der Waals surface area contributed by atoms with Crippen LogP contribution in [-0.4, -0.2) is 39.7 Å². The Morgan fingerprint density at radius 2 is 2.07 bits per heavy atom. The molecule has 0 N–H and O–H groups in total. The first kappa shape index (κ1) is 21.2. The van der Waals surface area contributed by atoms with Crippen molar-refractivity contribution in [3.05, 3.63) is 48.0 Å². The maximum absolute atomic E-state index is 6.38. The first-order valence-electron chi connectivity index (χ1n) is 10.2. The van der Waals surface area contributed by atoms with E-state index in [1.165, 1.54) is 5.56 Å². The van der Waals surface area contributed by atoms with Crippen LogP contribution in [0.15, 0.2) is 36.7 Å². The van der Waals surface area contributed by atoms with Gasteiger partial charge in [-0.2, -0.15) is 0 Å². The van der Waals surface area contributed by atoms with E-state index < -0.39 is 0 Å². The predicted octanol–water partition coefficient (Wildman–Crippen LogP) is 4.77. The van der Waals surface area contributed by atoms with E-state index in [-0.39, 0.29) is 12.2 Å². The molecule has 0 saturated heterocycles. The molecule has 0 radical (unpaired) electrons. The van der Waals surface area contributed by atoms with Crippen LogP contribution in [0.1, 0.15) is 45.0 Å². The van der Waals surface area contributed by atoms with Gasteiger partial charge in [-0.05, 0) is 36.5 Å². The summed E-state index contributed by atoms with van der Waals surface area (Å²) in [6.07, 6.45) is 6.10. The van der Waals surface area contributed by atoms with Crippen molar-refractivity contribution in [1.29, 1.82) is 0 Å². The largest absolute Gasteiger partial charge is 0.488 e. The Hall–Kier alpha value is -1.50. The molecule has 0 saturated carbocycles. The number of hydrogen-bond donors (Lipinski definition) is 0. The van der Waals surface area contributed by atoms with Crippen LogP contribution in [-0.2, 0) is 23.6 Å². The second-order valence-electron chi connectivity index (χ2n) is 7.79. The van der Waals surface area contributed by atoms with Gasteiger partial charge in [-0.1, -0.05) is 44.9 Å². The summed E-state index contributed by atoms with van der Waals surface area (Å²) in [4.78, 5) is 4.44. The van der Waals surface area contributed by atoms with E-state index in [1.54, 1.807) is 7.11 Å². The van der Waals surface area contributed by atoms with Crippen molar-refractivity contribution in [3.8, 4) is 5.75 Å². The van der Waals surface area contributed by atoms with E-state index in [9.17, 15) is 0 Å². The van der Waals surface area contributed by atoms with E-state index in [0.717, 1.165) is 49.8 Å². The van der Waals surface area contributed by atoms with Crippen molar-refractivity contribution < 1.29 is 9.47 Å². The first-order chi connectivity index (χ1) is 13.6. The van der Waals surface area contributed by atoms with Crippen LogP contribution >= 0.6 is 11.9 Å². The third-order valence-electron chi connectivity index (χ3n) is 5.13. The molecule has 1 aliphatic rings. The number of methoxy groups -OCH3 is 1. The van der Waals surface area contributed by atoms with Gasteiger partial charge in [0.05, 0.1) is 12.6 Å². The molecule has 0 fully saturated rings. The number of benzene rings is 1. The summed E-state index contributed by atoms with van der Waals surface area (Å²) in [6.45, 7) is 9.58. The van der Waals surface area contributed by atoms with Gasteiger partial charge < -0.3 is 14.0 Å². The zero-order valence-electron chi connectivity index (χ0n) is 17.5. The molecule has 28 heavy (non-hydrogen) atoms. The van der Waals surface area contributed by atoms with Crippen molar-refractivity contribution in [2.24, 2.45) is 5.92 Å². The van der Waals surface area contributed by atoms with Gasteiger partial charge in [-0.15, -0.1) is 0 Å². The number of imidazole rings is 1. The second kappa shape index (κ2) is 10.3. The van der Waals surface area contributed by atoms with Crippen LogP contribution in [0.3, 0.4) is 0 Å². The minimum Gasteiger partial charge on any atom is -0.488 e. The summed E-state index contributed by atoms with van der Waals surface area (Å²) in [5, 5.41) is 0. The van der Waals surface area contributed by atoms with E-state index in [0.29, 0.717) is 5.92 Å². The molecule has 5 nitrogen and oxygen atoms in total. The van der Waals surface area contributed by atoms with Crippen molar-refractivity contribution in [2.75, 3.05) is 13.7 Å². The van der Waals surface area contributed by atoms with E-state index >= 15 is 0 Å². The maximum atomic E-state index is 6.38. The summed E-state index contributed by atoms with van der Waals surface area (Å²) in [7, 11) is 1.78. The highest BCUT2D eigenvalue weighted by molar-refractivity contribution is 7.96. The van der Waals surface area contributed by atoms with E-state index in [4.69, 9.17) is 9.47 Å². The monoisotopic (exact) mass is 403 g/mol. The van der Waals surface area contributed by atoms with E-state index in [2.05, 4.69) is 65.1 Å². The highest BCUT2D eigenvalue weighted by atomic mass is 32.2. The summed E-state index contributed by atoms with van der Waals surface area (Å²) in [6, 6.07) is 8.50. The van der Waals surface area contributed by atoms with Crippen molar-refractivity contribution in [2.45, 2.75) is 64.7 Å². The van der Waals surface area contributed by atoms with Gasteiger partial charge in [0.25, 0.3) is 0 Å². The Morgan fingerprint density at radius 1 is 1.21 bits per heavy atom. The average Bonchev–Trinajstić information content (AvgIpc) is 3.15. The molecule has 2 aromatic rings. The summed E-state index contributed by atoms with van der Waals surface area (Å²) in [5.74, 6) is 3.60. The van der Waals surface area contributed by atoms with Crippen LogP contribution in [0.4, 0.5) is 0 Å². The topological polar surface area (TPSA) is 39.5 Å². The molecule has 2 unspecified atom stereocenters. The predicted molar refractivity (Wildman–Crippen MR) is 115 cm³/mol.